The fourth-order valence-electron chi connectivity index (χ4n) is 1.63. The fraction of sp³-hybridized carbons (Fsp3) is 1.00. The summed E-state index contributed by atoms with van der Waals surface area (Å²) >= 11 is 0. The van der Waals surface area contributed by atoms with Gasteiger partial charge in [0, 0.05) is 0 Å². The van der Waals surface area contributed by atoms with E-state index in [0.29, 0.717) is 0 Å². The van der Waals surface area contributed by atoms with Crippen LogP contribution in [-0.4, -0.2) is 45.8 Å². The molecule has 4 heteroatoms. The van der Waals surface area contributed by atoms with Gasteiger partial charge in [0.15, 0.2) is 0 Å². The summed E-state index contributed by atoms with van der Waals surface area (Å²) in [6.07, 6.45) is -3.91. The van der Waals surface area contributed by atoms with Crippen LogP contribution in [0.5, 0.6) is 0 Å². The van der Waals surface area contributed by atoms with E-state index in [2.05, 4.69) is 0 Å². The molecule has 4 nitrogen and oxygen atoms in total. The lowest BCUT2D eigenvalue weighted by Crippen LogP contribution is -2.57. The molecule has 1 aliphatic heterocycles. The molecule has 1 aliphatic rings. The summed E-state index contributed by atoms with van der Waals surface area (Å²) in [5.74, 6) is 0.125. The number of hydrogen-bond donors (Lipinski definition) is 3. The van der Waals surface area contributed by atoms with Crippen molar-refractivity contribution in [1.29, 1.82) is 0 Å². The van der Waals surface area contributed by atoms with Crippen molar-refractivity contribution >= 4 is 0 Å². The first-order valence-corrected chi connectivity index (χ1v) is 4.64. The summed E-state index contributed by atoms with van der Waals surface area (Å²) in [5.41, 5.74) is 0. The molecule has 0 aromatic carbocycles. The summed E-state index contributed by atoms with van der Waals surface area (Å²) in [5, 5.41) is 28.4. The van der Waals surface area contributed by atoms with Crippen LogP contribution in [0.2, 0.25) is 0 Å². The standard InChI is InChI=1S/C9H18O4/c1-4(2)9-8(12)7(11)6(10)5(3)13-9/h4-12H,1-3H3/t5-,6-,7+,8-,9+/m0/s1. The molecule has 78 valence electrons. The lowest BCUT2D eigenvalue weighted by Gasteiger charge is -2.41. The molecular formula is C9H18O4. The molecule has 1 saturated heterocycles. The zero-order valence-electron chi connectivity index (χ0n) is 8.21. The average molecular weight is 190 g/mol. The van der Waals surface area contributed by atoms with Gasteiger partial charge >= 0.3 is 0 Å². The van der Waals surface area contributed by atoms with Crippen LogP contribution in [-0.2, 0) is 4.74 Å². The van der Waals surface area contributed by atoms with Crippen molar-refractivity contribution in [2.45, 2.75) is 51.3 Å². The number of aliphatic hydroxyl groups is 3. The molecule has 0 aliphatic carbocycles. The predicted molar refractivity (Wildman–Crippen MR) is 47.2 cm³/mol. The van der Waals surface area contributed by atoms with E-state index in [9.17, 15) is 15.3 Å². The Hall–Kier alpha value is -0.160. The van der Waals surface area contributed by atoms with Crippen molar-refractivity contribution in [3.8, 4) is 0 Å². The lowest BCUT2D eigenvalue weighted by atomic mass is 9.90. The van der Waals surface area contributed by atoms with Crippen LogP contribution in [0.25, 0.3) is 0 Å². The van der Waals surface area contributed by atoms with Crippen LogP contribution in [0.15, 0.2) is 0 Å². The number of ether oxygens (including phenoxy) is 1. The minimum Gasteiger partial charge on any atom is -0.388 e. The first kappa shape index (κ1) is 10.9. The van der Waals surface area contributed by atoms with Crippen LogP contribution in [0.4, 0.5) is 0 Å². The monoisotopic (exact) mass is 190 g/mol. The first-order valence-electron chi connectivity index (χ1n) is 4.64. The maximum atomic E-state index is 9.56. The third kappa shape index (κ3) is 2.02. The quantitative estimate of drug-likeness (QED) is 0.522. The van der Waals surface area contributed by atoms with Gasteiger partial charge in [0.25, 0.3) is 0 Å². The third-order valence-electron chi connectivity index (χ3n) is 2.55. The smallest absolute Gasteiger partial charge is 0.111 e. The molecule has 1 fully saturated rings. The largest absolute Gasteiger partial charge is 0.388 e. The Bertz CT molecular complexity index is 171. The van der Waals surface area contributed by atoms with Crippen LogP contribution in [0, 0.1) is 5.92 Å². The highest BCUT2D eigenvalue weighted by molar-refractivity contribution is 4.91. The molecule has 0 bridgehead atoms. The number of hydrogen-bond acceptors (Lipinski definition) is 4. The summed E-state index contributed by atoms with van der Waals surface area (Å²) in [4.78, 5) is 0. The molecule has 0 aromatic heterocycles. The van der Waals surface area contributed by atoms with Crippen LogP contribution in [0.1, 0.15) is 20.8 Å². The fourth-order valence-corrected chi connectivity index (χ4v) is 1.63. The van der Waals surface area contributed by atoms with Gasteiger partial charge in [-0.1, -0.05) is 13.8 Å². The maximum Gasteiger partial charge on any atom is 0.111 e. The van der Waals surface area contributed by atoms with Gasteiger partial charge in [0.05, 0.1) is 12.2 Å². The van der Waals surface area contributed by atoms with Crippen molar-refractivity contribution < 1.29 is 20.1 Å². The van der Waals surface area contributed by atoms with Crippen LogP contribution >= 0.6 is 0 Å². The van der Waals surface area contributed by atoms with Crippen molar-refractivity contribution in [2.75, 3.05) is 0 Å². The van der Waals surface area contributed by atoms with Crippen LogP contribution in [0.3, 0.4) is 0 Å². The molecule has 13 heavy (non-hydrogen) atoms. The Morgan fingerprint density at radius 3 is 2.00 bits per heavy atom. The molecule has 0 unspecified atom stereocenters. The average Bonchev–Trinajstić information content (AvgIpc) is 2.07. The summed E-state index contributed by atoms with van der Waals surface area (Å²) < 4.78 is 5.38. The zero-order valence-corrected chi connectivity index (χ0v) is 8.21. The predicted octanol–water partition coefficient (Wildman–Crippen LogP) is -0.488. The molecular weight excluding hydrogens is 172 g/mol. The summed E-state index contributed by atoms with van der Waals surface area (Å²) in [6, 6.07) is 0. The van der Waals surface area contributed by atoms with Gasteiger partial charge in [-0.3, -0.25) is 0 Å². The van der Waals surface area contributed by atoms with Gasteiger partial charge in [-0.15, -0.1) is 0 Å². The molecule has 0 aromatic rings. The second-order valence-corrected chi connectivity index (χ2v) is 4.02. The van der Waals surface area contributed by atoms with E-state index in [1.54, 1.807) is 6.92 Å². The van der Waals surface area contributed by atoms with Gasteiger partial charge in [-0.2, -0.15) is 0 Å². The Kier molecular flexibility index (Phi) is 3.29. The molecule has 0 radical (unpaired) electrons. The Morgan fingerprint density at radius 2 is 1.54 bits per heavy atom. The highest BCUT2D eigenvalue weighted by atomic mass is 16.5. The molecule has 0 amide bonds. The van der Waals surface area contributed by atoms with E-state index in [0.717, 1.165) is 0 Å². The van der Waals surface area contributed by atoms with Crippen molar-refractivity contribution in [3.63, 3.8) is 0 Å². The van der Waals surface area contributed by atoms with Crippen LogP contribution < -0.4 is 0 Å². The molecule has 0 saturated carbocycles. The summed E-state index contributed by atoms with van der Waals surface area (Å²) in [6.45, 7) is 5.51. The van der Waals surface area contributed by atoms with Crippen molar-refractivity contribution in [3.05, 3.63) is 0 Å². The topological polar surface area (TPSA) is 69.9 Å². The lowest BCUT2D eigenvalue weighted by molar-refractivity contribution is -0.226. The maximum absolute atomic E-state index is 9.56. The van der Waals surface area contributed by atoms with E-state index in [-0.39, 0.29) is 5.92 Å². The number of rotatable bonds is 1. The Labute approximate surface area is 78.1 Å². The molecule has 0 spiro atoms. The Morgan fingerprint density at radius 1 is 1.00 bits per heavy atom. The van der Waals surface area contributed by atoms with Gasteiger partial charge in [0.2, 0.25) is 0 Å². The molecule has 1 rings (SSSR count). The normalized spacial score (nSPS) is 46.8. The minimum atomic E-state index is -1.10. The van der Waals surface area contributed by atoms with Gasteiger partial charge in [0.1, 0.15) is 18.3 Å². The van der Waals surface area contributed by atoms with E-state index in [4.69, 9.17) is 4.74 Å². The van der Waals surface area contributed by atoms with Crippen molar-refractivity contribution in [1.82, 2.24) is 0 Å². The van der Waals surface area contributed by atoms with E-state index >= 15 is 0 Å². The van der Waals surface area contributed by atoms with E-state index in [1.165, 1.54) is 0 Å². The zero-order chi connectivity index (χ0) is 10.2. The van der Waals surface area contributed by atoms with Crippen molar-refractivity contribution in [2.24, 2.45) is 5.92 Å². The third-order valence-corrected chi connectivity index (χ3v) is 2.55. The highest BCUT2D eigenvalue weighted by Crippen LogP contribution is 2.25. The first-order chi connectivity index (χ1) is 5.95. The SMILES string of the molecule is CC(C)[C@H]1O[C@@H](C)[C@H](O)[C@@H](O)[C@@H]1O. The molecule has 5 atom stereocenters. The summed E-state index contributed by atoms with van der Waals surface area (Å²) in [7, 11) is 0. The van der Waals surface area contributed by atoms with E-state index in [1.807, 2.05) is 13.8 Å². The Balaban J connectivity index is 2.70. The number of aliphatic hydroxyl groups excluding tert-OH is 3. The highest BCUT2D eigenvalue weighted by Gasteiger charge is 2.42. The second kappa shape index (κ2) is 3.92. The second-order valence-electron chi connectivity index (χ2n) is 4.02. The minimum absolute atomic E-state index is 0.125. The molecule has 1 heterocycles. The van der Waals surface area contributed by atoms with Gasteiger partial charge in [-0.25, -0.2) is 0 Å². The van der Waals surface area contributed by atoms with Gasteiger partial charge in [-0.05, 0) is 12.8 Å². The molecule has 3 N–H and O–H groups in total. The van der Waals surface area contributed by atoms with E-state index < -0.39 is 30.5 Å². The van der Waals surface area contributed by atoms with Gasteiger partial charge < -0.3 is 20.1 Å².